The van der Waals surface area contributed by atoms with E-state index in [2.05, 4.69) is 17.2 Å². The lowest BCUT2D eigenvalue weighted by Crippen LogP contribution is -2.30. The maximum atomic E-state index is 12.0. The number of thiazole rings is 1. The Hall–Kier alpha value is -0.520. The molecule has 0 aromatic carbocycles. The third-order valence-corrected chi connectivity index (χ3v) is 3.16. The molecule has 0 amide bonds. The van der Waals surface area contributed by atoms with E-state index in [-0.39, 0.29) is 12.6 Å². The Labute approximate surface area is 93.4 Å². The maximum Gasteiger partial charge on any atom is 0.117 e. The second-order valence-corrected chi connectivity index (χ2v) is 4.40. The SMILES string of the molecule is CCc1nc(C(C)NCC(O)CF)cs1. The minimum atomic E-state index is -0.920. The van der Waals surface area contributed by atoms with E-state index in [1.807, 2.05) is 12.3 Å². The molecule has 2 atom stereocenters. The summed E-state index contributed by atoms with van der Waals surface area (Å²) in [5.41, 5.74) is 0.961. The number of aliphatic hydroxyl groups is 1. The van der Waals surface area contributed by atoms with Crippen LogP contribution in [0, 0.1) is 0 Å². The van der Waals surface area contributed by atoms with Gasteiger partial charge in [-0.15, -0.1) is 11.3 Å². The first-order valence-electron chi connectivity index (χ1n) is 5.09. The van der Waals surface area contributed by atoms with E-state index in [4.69, 9.17) is 5.11 Å². The standard InChI is InChI=1S/C10H17FN2OS/c1-3-10-13-9(6-15-10)7(2)12-5-8(14)4-11/h6-8,12,14H,3-5H2,1-2H3. The van der Waals surface area contributed by atoms with Crippen molar-refractivity contribution in [3.8, 4) is 0 Å². The molecule has 2 N–H and O–H groups in total. The molecule has 0 radical (unpaired) electrons. The largest absolute Gasteiger partial charge is 0.389 e. The molecule has 2 unspecified atom stereocenters. The fourth-order valence-electron chi connectivity index (χ4n) is 1.16. The second kappa shape index (κ2) is 6.15. The van der Waals surface area contributed by atoms with E-state index in [9.17, 15) is 4.39 Å². The van der Waals surface area contributed by atoms with Crippen molar-refractivity contribution in [2.24, 2.45) is 0 Å². The van der Waals surface area contributed by atoms with Gasteiger partial charge in [0.25, 0.3) is 0 Å². The van der Waals surface area contributed by atoms with Crippen LogP contribution in [0.1, 0.15) is 30.6 Å². The predicted molar refractivity (Wildman–Crippen MR) is 59.9 cm³/mol. The Morgan fingerprint density at radius 2 is 2.40 bits per heavy atom. The van der Waals surface area contributed by atoms with Gasteiger partial charge in [-0.2, -0.15) is 0 Å². The van der Waals surface area contributed by atoms with Gasteiger partial charge in [-0.3, -0.25) is 0 Å². The number of nitrogens with zero attached hydrogens (tertiary/aromatic N) is 1. The van der Waals surface area contributed by atoms with Crippen molar-refractivity contribution in [3.05, 3.63) is 16.1 Å². The summed E-state index contributed by atoms with van der Waals surface area (Å²) in [6, 6.07) is 0.0581. The zero-order valence-electron chi connectivity index (χ0n) is 9.03. The van der Waals surface area contributed by atoms with Crippen molar-refractivity contribution in [3.63, 3.8) is 0 Å². The zero-order valence-corrected chi connectivity index (χ0v) is 9.85. The summed E-state index contributed by atoms with van der Waals surface area (Å²) >= 11 is 1.63. The molecule has 1 heterocycles. The van der Waals surface area contributed by atoms with Gasteiger partial charge in [-0.05, 0) is 13.3 Å². The first-order valence-corrected chi connectivity index (χ1v) is 5.97. The van der Waals surface area contributed by atoms with E-state index in [1.165, 1.54) is 0 Å². The second-order valence-electron chi connectivity index (χ2n) is 3.46. The van der Waals surface area contributed by atoms with Crippen LogP contribution in [0.25, 0.3) is 0 Å². The van der Waals surface area contributed by atoms with Crippen LogP contribution in [0.4, 0.5) is 4.39 Å². The van der Waals surface area contributed by atoms with Gasteiger partial charge < -0.3 is 10.4 Å². The molecular weight excluding hydrogens is 215 g/mol. The van der Waals surface area contributed by atoms with Crippen molar-refractivity contribution >= 4 is 11.3 Å². The van der Waals surface area contributed by atoms with Gasteiger partial charge in [0, 0.05) is 18.0 Å². The summed E-state index contributed by atoms with van der Waals surface area (Å²) in [6.07, 6.45) is 0.0153. The maximum absolute atomic E-state index is 12.0. The normalized spacial score (nSPS) is 15.2. The minimum absolute atomic E-state index is 0.0581. The highest BCUT2D eigenvalue weighted by Crippen LogP contribution is 2.16. The molecule has 0 bridgehead atoms. The van der Waals surface area contributed by atoms with Crippen molar-refractivity contribution in [2.75, 3.05) is 13.2 Å². The summed E-state index contributed by atoms with van der Waals surface area (Å²) in [6.45, 7) is 3.57. The zero-order chi connectivity index (χ0) is 11.3. The van der Waals surface area contributed by atoms with Crippen LogP contribution >= 0.6 is 11.3 Å². The first-order chi connectivity index (χ1) is 7.17. The fourth-order valence-corrected chi connectivity index (χ4v) is 2.00. The highest BCUT2D eigenvalue weighted by molar-refractivity contribution is 7.09. The molecular formula is C10H17FN2OS. The quantitative estimate of drug-likeness (QED) is 0.784. The summed E-state index contributed by atoms with van der Waals surface area (Å²) in [7, 11) is 0. The Bertz CT molecular complexity index is 293. The molecule has 1 aromatic heterocycles. The predicted octanol–water partition coefficient (Wildman–Crippen LogP) is 1.69. The molecule has 1 aromatic rings. The highest BCUT2D eigenvalue weighted by atomic mass is 32.1. The minimum Gasteiger partial charge on any atom is -0.389 e. The number of halogens is 1. The van der Waals surface area contributed by atoms with Crippen molar-refractivity contribution in [1.29, 1.82) is 0 Å². The van der Waals surface area contributed by atoms with Crippen LogP contribution in [0.2, 0.25) is 0 Å². The van der Waals surface area contributed by atoms with Gasteiger partial charge >= 0.3 is 0 Å². The summed E-state index contributed by atoms with van der Waals surface area (Å²) in [5, 5.41) is 15.2. The van der Waals surface area contributed by atoms with Crippen LogP contribution in [-0.2, 0) is 6.42 Å². The first kappa shape index (κ1) is 12.5. The van der Waals surface area contributed by atoms with E-state index >= 15 is 0 Å². The van der Waals surface area contributed by atoms with E-state index in [0.717, 1.165) is 17.1 Å². The monoisotopic (exact) mass is 232 g/mol. The molecule has 0 fully saturated rings. The number of aryl methyl sites for hydroxylation is 1. The van der Waals surface area contributed by atoms with Gasteiger partial charge in [-0.1, -0.05) is 6.92 Å². The average Bonchev–Trinajstić information content (AvgIpc) is 2.73. The number of aliphatic hydroxyl groups excluding tert-OH is 1. The highest BCUT2D eigenvalue weighted by Gasteiger charge is 2.11. The smallest absolute Gasteiger partial charge is 0.117 e. The Morgan fingerprint density at radius 1 is 1.67 bits per heavy atom. The molecule has 0 aliphatic heterocycles. The summed E-state index contributed by atoms with van der Waals surface area (Å²) < 4.78 is 12.0. The number of alkyl halides is 1. The van der Waals surface area contributed by atoms with Crippen LogP contribution in [0.5, 0.6) is 0 Å². The molecule has 1 rings (SSSR count). The van der Waals surface area contributed by atoms with E-state index in [0.29, 0.717) is 0 Å². The Morgan fingerprint density at radius 3 is 2.93 bits per heavy atom. The van der Waals surface area contributed by atoms with Gasteiger partial charge in [-0.25, -0.2) is 9.37 Å². The third-order valence-electron chi connectivity index (χ3n) is 2.15. The van der Waals surface area contributed by atoms with Crippen LogP contribution in [0.15, 0.2) is 5.38 Å². The van der Waals surface area contributed by atoms with Crippen LogP contribution in [-0.4, -0.2) is 29.4 Å². The number of hydrogen-bond acceptors (Lipinski definition) is 4. The van der Waals surface area contributed by atoms with Crippen LogP contribution in [0.3, 0.4) is 0 Å². The lowest BCUT2D eigenvalue weighted by molar-refractivity contribution is 0.135. The van der Waals surface area contributed by atoms with Gasteiger partial charge in [0.2, 0.25) is 0 Å². The molecule has 15 heavy (non-hydrogen) atoms. The summed E-state index contributed by atoms with van der Waals surface area (Å²) in [5.74, 6) is 0. The molecule has 0 saturated heterocycles. The Balaban J connectivity index is 2.42. The third kappa shape index (κ3) is 3.85. The molecule has 5 heteroatoms. The summed E-state index contributed by atoms with van der Waals surface area (Å²) in [4.78, 5) is 4.41. The Kier molecular flexibility index (Phi) is 5.14. The fraction of sp³-hybridized carbons (Fsp3) is 0.700. The molecule has 0 aliphatic rings. The topological polar surface area (TPSA) is 45.2 Å². The molecule has 0 saturated carbocycles. The van der Waals surface area contributed by atoms with Gasteiger partial charge in [0.05, 0.1) is 16.8 Å². The number of nitrogens with one attached hydrogen (secondary N) is 1. The average molecular weight is 232 g/mol. The number of rotatable bonds is 6. The number of aromatic nitrogens is 1. The lowest BCUT2D eigenvalue weighted by atomic mass is 10.2. The molecule has 86 valence electrons. The van der Waals surface area contributed by atoms with Gasteiger partial charge in [0.1, 0.15) is 6.67 Å². The van der Waals surface area contributed by atoms with Crippen molar-refractivity contribution < 1.29 is 9.50 Å². The lowest BCUT2D eigenvalue weighted by Gasteiger charge is -2.13. The van der Waals surface area contributed by atoms with E-state index < -0.39 is 12.8 Å². The van der Waals surface area contributed by atoms with Crippen molar-refractivity contribution in [2.45, 2.75) is 32.4 Å². The van der Waals surface area contributed by atoms with Crippen LogP contribution < -0.4 is 5.32 Å². The molecule has 0 spiro atoms. The van der Waals surface area contributed by atoms with Gasteiger partial charge in [0.15, 0.2) is 0 Å². The molecule has 3 nitrogen and oxygen atoms in total. The number of hydrogen-bond donors (Lipinski definition) is 2. The van der Waals surface area contributed by atoms with E-state index in [1.54, 1.807) is 11.3 Å². The molecule has 0 aliphatic carbocycles. The van der Waals surface area contributed by atoms with Crippen molar-refractivity contribution in [1.82, 2.24) is 10.3 Å².